The fourth-order valence-electron chi connectivity index (χ4n) is 17.6. The highest BCUT2D eigenvalue weighted by atomic mass is 16.3. The third-order valence-corrected chi connectivity index (χ3v) is 22.7. The molecule has 2 aliphatic heterocycles. The van der Waals surface area contributed by atoms with Gasteiger partial charge in [0, 0.05) is 93.7 Å². The summed E-state index contributed by atoms with van der Waals surface area (Å²) in [5.41, 5.74) is 10.9. The second-order valence-electron chi connectivity index (χ2n) is 31.0. The molecule has 23 rings (SSSR count). The molecule has 7 heterocycles. The van der Waals surface area contributed by atoms with E-state index in [-0.39, 0.29) is 104 Å². The highest BCUT2D eigenvalue weighted by Crippen LogP contribution is 2.52. The van der Waals surface area contributed by atoms with Crippen LogP contribution in [0.3, 0.4) is 0 Å². The first-order chi connectivity index (χ1) is 64.8. The van der Waals surface area contributed by atoms with Crippen LogP contribution in [-0.2, 0) is 10.8 Å². The minimum absolute atomic E-state index is 0.0833. The summed E-state index contributed by atoms with van der Waals surface area (Å²) < 4.78 is 243. The number of anilines is 6. The van der Waals surface area contributed by atoms with Gasteiger partial charge >= 0.3 is 0 Å². The number of rotatable bonds is 8. The summed E-state index contributed by atoms with van der Waals surface area (Å²) in [6.45, 7) is 12.1. The monoisotopic (exact) mass is 1460 g/mol. The van der Waals surface area contributed by atoms with Crippen LogP contribution in [0.5, 0.6) is 0 Å². The minimum Gasteiger partial charge on any atom is -0.452 e. The fraction of sp³-hybridized carbons (Fsp3) is 0.0769. The third-order valence-electron chi connectivity index (χ3n) is 22.7. The molecule has 21 aromatic rings. The van der Waals surface area contributed by atoms with Gasteiger partial charge in [0.1, 0.15) is 0 Å². The number of hydrogen-bond acceptors (Lipinski definition) is 3. The quantitative estimate of drug-likeness (QED) is 0.142. The Bertz CT molecular complexity index is 8740. The van der Waals surface area contributed by atoms with Gasteiger partial charge in [-0.05, 0) is 188 Å². The van der Waals surface area contributed by atoms with Gasteiger partial charge in [0.15, 0.2) is 11.2 Å². The molecule has 0 radical (unpaired) electrons. The van der Waals surface area contributed by atoms with Crippen molar-refractivity contribution in [3.63, 3.8) is 0 Å². The molecular formula is C104H75BN6O. The van der Waals surface area contributed by atoms with Gasteiger partial charge in [-0.1, -0.05) is 260 Å². The van der Waals surface area contributed by atoms with Crippen molar-refractivity contribution in [2.24, 2.45) is 0 Å². The molecule has 0 aliphatic carbocycles. The maximum Gasteiger partial charge on any atom is 0.252 e. The molecular weight excluding hydrogens is 1360 g/mol. The van der Waals surface area contributed by atoms with Gasteiger partial charge in [-0.15, -0.1) is 0 Å². The topological polar surface area (TPSA) is 39.3 Å². The zero-order valence-electron chi connectivity index (χ0n) is 85.2. The van der Waals surface area contributed by atoms with Gasteiger partial charge in [-0.2, -0.15) is 0 Å². The van der Waals surface area contributed by atoms with Crippen LogP contribution in [0.4, 0.5) is 34.1 Å². The largest absolute Gasteiger partial charge is 0.452 e. The number of benzene rings is 16. The van der Waals surface area contributed by atoms with Crippen LogP contribution in [-0.4, -0.2) is 25.0 Å². The predicted octanol–water partition coefficient (Wildman–Crippen LogP) is 26.0. The van der Waals surface area contributed by atoms with E-state index in [1.165, 1.54) is 13.7 Å². The zero-order chi connectivity index (χ0) is 95.5. The number of aromatic nitrogens is 4. The standard InChI is InChI=1S/C104H75BN6O/c1-103(2,3)68-47-53-92-82(58-68)83-59-69(104(4,5)6)48-54-93(83)107(92)71-50-52-85-97(61-71)111(95-46-26-38-81-80-37-25-45-94(101(80)112-102(81)95)110-90-43-23-17-35-78(90)79-36-18-24-44-91(79)110)99-63-73(108-88-41-21-15-33-76(88)77-34-16-22-42-89(77)108)62-98-100(99)105(85)84-51-49-70(106-86-39-19-13-31-74(86)75-32-14-20-40-87(75)106)60-96(84)109(98)72-56-66(64-27-9-7-10-28-64)55-67(57-72)65-29-11-8-12-30-65/h7-63H,1-6H3/i13D,14D,15D,16D,17D,18D,19D,20D,21D,22D,23D,24D,31D,32D,33D,34D,35D,36D,39D,40D,41D,42D,43D,44D. The molecule has 0 fully saturated rings. The van der Waals surface area contributed by atoms with Gasteiger partial charge in [0.05, 0.1) is 94.1 Å². The van der Waals surface area contributed by atoms with Gasteiger partial charge in [0.25, 0.3) is 6.71 Å². The normalized spacial score (nSPS) is 16.0. The van der Waals surface area contributed by atoms with Crippen LogP contribution in [0, 0.1) is 0 Å². The second-order valence-corrected chi connectivity index (χ2v) is 31.0. The smallest absolute Gasteiger partial charge is 0.252 e. The molecule has 16 aromatic carbocycles. The summed E-state index contributed by atoms with van der Waals surface area (Å²) in [5, 5.41) is 1.82. The Kier molecular flexibility index (Phi) is 9.50. The summed E-state index contributed by atoms with van der Waals surface area (Å²) in [6, 6.07) is 50.3. The lowest BCUT2D eigenvalue weighted by Crippen LogP contribution is -2.61. The van der Waals surface area contributed by atoms with Crippen molar-refractivity contribution in [1.82, 2.24) is 18.3 Å². The molecule has 7 nitrogen and oxygen atoms in total. The molecule has 0 atom stereocenters. The molecule has 0 N–H and O–H groups in total. The summed E-state index contributed by atoms with van der Waals surface area (Å²) in [4.78, 5) is 4.06. The van der Waals surface area contributed by atoms with E-state index < -0.39 is 152 Å². The Morgan fingerprint density at radius 1 is 0.259 bits per heavy atom. The van der Waals surface area contributed by atoms with Crippen LogP contribution >= 0.6 is 0 Å². The molecule has 0 unspecified atom stereocenters. The molecule has 530 valence electrons. The van der Waals surface area contributed by atoms with Crippen molar-refractivity contribution in [3.05, 3.63) is 356 Å². The Morgan fingerprint density at radius 3 is 1.08 bits per heavy atom. The maximum absolute atomic E-state index is 10.2. The molecule has 5 aromatic heterocycles. The number of fused-ring (bicyclic) bond motifs is 19. The van der Waals surface area contributed by atoms with Gasteiger partial charge in [0.2, 0.25) is 0 Å². The zero-order valence-corrected chi connectivity index (χ0v) is 61.2. The van der Waals surface area contributed by atoms with E-state index in [2.05, 4.69) is 107 Å². The molecule has 2 aliphatic rings. The SMILES string of the molecule is [2H]c1c([2H])c([2H])c2c(c1[2H])c1c([2H])c([2H])c([2H])c([2H])c1n2-c1ccc2c(c1)N(c1cc(-c3ccccc3)cc(-c3ccccc3)c1)c1cc(-n3c4c([2H])c([2H])c([2H])c([2H])c4c4c([2H])c([2H])c([2H])c([2H])c43)cc3c1B2c1ccc(-n2c4ccc(C(C)(C)C)cc4c4cc(C(C)(C)C)ccc42)cc1N3c1cccc2c1oc1c(-n3c4c([2H])c([2H])c([2H])c([2H])c4c4c([2H])c([2H])c([2H])c([2H])c43)cccc12. The van der Waals surface area contributed by atoms with Crippen LogP contribution in [0.15, 0.2) is 350 Å². The van der Waals surface area contributed by atoms with Gasteiger partial charge in [-0.3, -0.25) is 0 Å². The van der Waals surface area contributed by atoms with Crippen molar-refractivity contribution in [2.75, 3.05) is 9.80 Å². The van der Waals surface area contributed by atoms with Gasteiger partial charge < -0.3 is 32.5 Å². The van der Waals surface area contributed by atoms with Crippen LogP contribution < -0.4 is 26.2 Å². The lowest BCUT2D eigenvalue weighted by molar-refractivity contribution is 0.590. The number of nitrogens with zero attached hydrogens (tertiary/aromatic N) is 6. The molecule has 0 saturated carbocycles. The van der Waals surface area contributed by atoms with Crippen molar-refractivity contribution in [1.29, 1.82) is 0 Å². The molecule has 0 saturated heterocycles. The second kappa shape index (κ2) is 23.8. The Labute approximate surface area is 682 Å². The average molecular weight is 1460 g/mol. The minimum atomic E-state index is -0.955. The van der Waals surface area contributed by atoms with E-state index in [1.807, 2.05) is 131 Å². The predicted molar refractivity (Wildman–Crippen MR) is 473 cm³/mol. The first kappa shape index (κ1) is 44.6. The number of para-hydroxylation sites is 8. The van der Waals surface area contributed by atoms with E-state index in [0.717, 1.165) is 55.2 Å². The molecule has 0 bridgehead atoms. The molecule has 112 heavy (non-hydrogen) atoms. The Morgan fingerprint density at radius 2 is 0.634 bits per heavy atom. The Balaban J connectivity index is 0.924. The third kappa shape index (κ3) is 9.42. The summed E-state index contributed by atoms with van der Waals surface area (Å²) >= 11 is 0. The average Bonchev–Trinajstić information content (AvgIpc) is 1.34. The molecule has 0 spiro atoms. The van der Waals surface area contributed by atoms with Crippen LogP contribution in [0.25, 0.3) is 154 Å². The first-order valence-electron chi connectivity index (χ1n) is 49.2. The Hall–Kier alpha value is -13.8. The fourth-order valence-corrected chi connectivity index (χ4v) is 17.6. The van der Waals surface area contributed by atoms with E-state index in [1.54, 1.807) is 18.2 Å². The maximum atomic E-state index is 10.2. The number of furan rings is 1. The van der Waals surface area contributed by atoms with Crippen LogP contribution in [0.1, 0.15) is 85.6 Å². The van der Waals surface area contributed by atoms with Gasteiger partial charge in [-0.25, -0.2) is 0 Å². The lowest BCUT2D eigenvalue weighted by Gasteiger charge is -2.44. The lowest BCUT2D eigenvalue weighted by atomic mass is 9.33. The van der Waals surface area contributed by atoms with E-state index >= 15 is 0 Å². The van der Waals surface area contributed by atoms with Crippen molar-refractivity contribution < 1.29 is 37.3 Å². The number of hydrogen-bond donors (Lipinski definition) is 0. The summed E-state index contributed by atoms with van der Waals surface area (Å²) in [7, 11) is 0. The van der Waals surface area contributed by atoms with Crippen molar-refractivity contribution in [2.45, 2.75) is 52.4 Å². The highest BCUT2D eigenvalue weighted by Gasteiger charge is 2.45. The summed E-state index contributed by atoms with van der Waals surface area (Å²) in [5.74, 6) is 0. The van der Waals surface area contributed by atoms with Crippen molar-refractivity contribution >= 4 is 166 Å². The van der Waals surface area contributed by atoms with Crippen LogP contribution in [0.2, 0.25) is 0 Å². The van der Waals surface area contributed by atoms with E-state index in [0.29, 0.717) is 67.0 Å². The summed E-state index contributed by atoms with van der Waals surface area (Å²) in [6.07, 6.45) is 0. The highest BCUT2D eigenvalue weighted by molar-refractivity contribution is 7.00. The first-order valence-corrected chi connectivity index (χ1v) is 37.2. The van der Waals surface area contributed by atoms with Crippen molar-refractivity contribution in [3.8, 4) is 45.0 Å². The molecule has 8 heteroatoms. The van der Waals surface area contributed by atoms with E-state index in [9.17, 15) is 27.4 Å². The van der Waals surface area contributed by atoms with E-state index in [4.69, 9.17) is 9.90 Å². The molecule has 0 amide bonds.